The van der Waals surface area contributed by atoms with Gasteiger partial charge in [-0.15, -0.1) is 0 Å². The van der Waals surface area contributed by atoms with Crippen molar-refractivity contribution in [2.45, 2.75) is 64.3 Å². The van der Waals surface area contributed by atoms with Crippen molar-refractivity contribution >= 4 is 11.8 Å². The summed E-state index contributed by atoms with van der Waals surface area (Å²) in [5.41, 5.74) is 1.35. The zero-order valence-corrected chi connectivity index (χ0v) is 17.8. The Morgan fingerprint density at radius 2 is 1.77 bits per heavy atom. The Morgan fingerprint density at radius 1 is 1.10 bits per heavy atom. The molecule has 2 fully saturated rings. The maximum absolute atomic E-state index is 13.1. The molecule has 0 bridgehead atoms. The lowest BCUT2D eigenvalue weighted by atomic mass is 10.1. The normalized spacial score (nSPS) is 17.1. The van der Waals surface area contributed by atoms with Gasteiger partial charge in [0.1, 0.15) is 6.54 Å². The first-order valence-corrected chi connectivity index (χ1v) is 11.1. The molecule has 2 aliphatic rings. The fraction of sp³-hybridized carbons (Fsp3) is 0.565. The van der Waals surface area contributed by atoms with Crippen LogP contribution in [0.5, 0.6) is 0 Å². The highest BCUT2D eigenvalue weighted by atomic mass is 16.5. The van der Waals surface area contributed by atoms with Crippen molar-refractivity contribution in [2.24, 2.45) is 0 Å². The van der Waals surface area contributed by atoms with E-state index in [1.165, 1.54) is 12.8 Å². The minimum absolute atomic E-state index is 0.0361. The van der Waals surface area contributed by atoms with Crippen LogP contribution in [0.1, 0.15) is 74.5 Å². The molecule has 4 rings (SSSR count). The zero-order valence-electron chi connectivity index (χ0n) is 17.8. The van der Waals surface area contributed by atoms with E-state index in [9.17, 15) is 9.59 Å². The number of hydrogen-bond acceptors (Lipinski definition) is 5. The number of rotatable bonds is 6. The van der Waals surface area contributed by atoms with Gasteiger partial charge in [0.2, 0.25) is 5.91 Å². The number of carbonyl (C=O) groups is 2. The zero-order chi connectivity index (χ0) is 21.1. The predicted molar refractivity (Wildman–Crippen MR) is 113 cm³/mol. The Balaban J connectivity index is 1.44. The fourth-order valence-electron chi connectivity index (χ4n) is 3.84. The molecule has 0 N–H and O–H groups in total. The second kappa shape index (κ2) is 8.98. The van der Waals surface area contributed by atoms with E-state index in [0.717, 1.165) is 50.2 Å². The van der Waals surface area contributed by atoms with Crippen molar-refractivity contribution in [1.82, 2.24) is 19.9 Å². The SMILES string of the molecule is CC(C)N(CC(=O)N1CCCCCC1)C(=O)c1ccc(-c2nc(C3CC3)no2)cc1. The third-order valence-corrected chi connectivity index (χ3v) is 5.91. The van der Waals surface area contributed by atoms with Crippen LogP contribution in [0.2, 0.25) is 0 Å². The molecule has 1 aliphatic carbocycles. The van der Waals surface area contributed by atoms with E-state index < -0.39 is 0 Å². The molecule has 1 saturated heterocycles. The Kier molecular flexibility index (Phi) is 6.16. The topological polar surface area (TPSA) is 79.5 Å². The molecule has 2 aromatic rings. The van der Waals surface area contributed by atoms with E-state index in [0.29, 0.717) is 17.4 Å². The highest BCUT2D eigenvalue weighted by molar-refractivity contribution is 5.97. The lowest BCUT2D eigenvalue weighted by Gasteiger charge is -2.29. The average Bonchev–Trinajstić information content (AvgIpc) is 3.54. The van der Waals surface area contributed by atoms with Crippen molar-refractivity contribution < 1.29 is 14.1 Å². The molecule has 30 heavy (non-hydrogen) atoms. The first-order valence-electron chi connectivity index (χ1n) is 11.1. The molecule has 0 radical (unpaired) electrons. The van der Waals surface area contributed by atoms with Crippen LogP contribution >= 0.6 is 0 Å². The maximum Gasteiger partial charge on any atom is 0.257 e. The van der Waals surface area contributed by atoms with Crippen LogP contribution in [0.15, 0.2) is 28.8 Å². The van der Waals surface area contributed by atoms with Crippen molar-refractivity contribution in [3.8, 4) is 11.5 Å². The van der Waals surface area contributed by atoms with Gasteiger partial charge in [-0.2, -0.15) is 4.98 Å². The lowest BCUT2D eigenvalue weighted by Crippen LogP contribution is -2.46. The van der Waals surface area contributed by atoms with Gasteiger partial charge in [-0.05, 0) is 63.8 Å². The van der Waals surface area contributed by atoms with Gasteiger partial charge in [-0.25, -0.2) is 0 Å². The van der Waals surface area contributed by atoms with Gasteiger partial charge in [-0.1, -0.05) is 18.0 Å². The third-order valence-electron chi connectivity index (χ3n) is 5.91. The molecule has 1 aromatic heterocycles. The van der Waals surface area contributed by atoms with Gasteiger partial charge in [0, 0.05) is 36.2 Å². The molecule has 1 aromatic carbocycles. The van der Waals surface area contributed by atoms with Crippen LogP contribution in [0.25, 0.3) is 11.5 Å². The first kappa shape index (κ1) is 20.6. The summed E-state index contributed by atoms with van der Waals surface area (Å²) in [6.07, 6.45) is 6.67. The van der Waals surface area contributed by atoms with Crippen molar-refractivity contribution in [2.75, 3.05) is 19.6 Å². The molecule has 0 unspecified atom stereocenters. The summed E-state index contributed by atoms with van der Waals surface area (Å²) < 4.78 is 5.36. The molecule has 160 valence electrons. The van der Waals surface area contributed by atoms with Gasteiger partial charge in [0.25, 0.3) is 11.8 Å². The highest BCUT2D eigenvalue weighted by Crippen LogP contribution is 2.38. The van der Waals surface area contributed by atoms with E-state index in [1.54, 1.807) is 17.0 Å². The number of likely N-dealkylation sites (tertiary alicyclic amines) is 1. The van der Waals surface area contributed by atoms with Crippen LogP contribution in [-0.2, 0) is 4.79 Å². The number of aromatic nitrogens is 2. The van der Waals surface area contributed by atoms with Crippen molar-refractivity contribution in [1.29, 1.82) is 0 Å². The Bertz CT molecular complexity index is 878. The Morgan fingerprint density at radius 3 is 2.37 bits per heavy atom. The van der Waals surface area contributed by atoms with E-state index in [2.05, 4.69) is 10.1 Å². The van der Waals surface area contributed by atoms with Crippen LogP contribution in [-0.4, -0.2) is 57.4 Å². The average molecular weight is 411 g/mol. The lowest BCUT2D eigenvalue weighted by molar-refractivity contribution is -0.132. The quantitative estimate of drug-likeness (QED) is 0.722. The highest BCUT2D eigenvalue weighted by Gasteiger charge is 2.29. The number of amides is 2. The van der Waals surface area contributed by atoms with Crippen molar-refractivity contribution in [3.05, 3.63) is 35.7 Å². The van der Waals surface area contributed by atoms with E-state index >= 15 is 0 Å². The van der Waals surface area contributed by atoms with Crippen LogP contribution in [0.3, 0.4) is 0 Å². The van der Waals surface area contributed by atoms with E-state index in [1.807, 2.05) is 30.9 Å². The third kappa shape index (κ3) is 4.71. The molecule has 7 heteroatoms. The maximum atomic E-state index is 13.1. The Labute approximate surface area is 177 Å². The van der Waals surface area contributed by atoms with E-state index in [4.69, 9.17) is 4.52 Å². The summed E-state index contributed by atoms with van der Waals surface area (Å²) >= 11 is 0. The summed E-state index contributed by atoms with van der Waals surface area (Å²) in [4.78, 5) is 34.0. The molecule has 2 amide bonds. The summed E-state index contributed by atoms with van der Waals surface area (Å²) in [5, 5.41) is 4.04. The second-order valence-electron chi connectivity index (χ2n) is 8.63. The largest absolute Gasteiger partial charge is 0.341 e. The smallest absolute Gasteiger partial charge is 0.257 e. The second-order valence-corrected chi connectivity index (χ2v) is 8.63. The molecule has 0 spiro atoms. The van der Waals surface area contributed by atoms with Crippen molar-refractivity contribution in [3.63, 3.8) is 0 Å². The van der Waals surface area contributed by atoms with Crippen LogP contribution in [0.4, 0.5) is 0 Å². The minimum Gasteiger partial charge on any atom is -0.341 e. The summed E-state index contributed by atoms with van der Waals surface area (Å²) in [5.74, 6) is 1.58. The number of nitrogens with zero attached hydrogens (tertiary/aromatic N) is 4. The molecule has 7 nitrogen and oxygen atoms in total. The van der Waals surface area contributed by atoms with Crippen LogP contribution < -0.4 is 0 Å². The minimum atomic E-state index is -0.135. The van der Waals surface area contributed by atoms with E-state index in [-0.39, 0.29) is 24.4 Å². The van der Waals surface area contributed by atoms with Gasteiger partial charge in [0.05, 0.1) is 0 Å². The molecule has 1 aliphatic heterocycles. The number of hydrogen-bond donors (Lipinski definition) is 0. The predicted octanol–water partition coefficient (Wildman–Crippen LogP) is 3.87. The van der Waals surface area contributed by atoms with Gasteiger partial charge in [0.15, 0.2) is 5.82 Å². The molecular formula is C23H30N4O3. The molecule has 0 atom stereocenters. The number of benzene rings is 1. The first-order chi connectivity index (χ1) is 14.5. The van der Waals surface area contributed by atoms with Gasteiger partial charge >= 0.3 is 0 Å². The van der Waals surface area contributed by atoms with Crippen LogP contribution in [0, 0.1) is 0 Å². The molecule has 2 heterocycles. The molecule has 1 saturated carbocycles. The standard InChI is InChI=1S/C23H30N4O3/c1-16(2)27(15-20(28)26-13-5-3-4-6-14-26)23(29)19-11-9-18(10-12-19)22-24-21(25-30-22)17-7-8-17/h9-12,16-17H,3-8,13-15H2,1-2H3. The monoisotopic (exact) mass is 410 g/mol. The summed E-state index contributed by atoms with van der Waals surface area (Å²) in [6, 6.07) is 7.12. The Hall–Kier alpha value is -2.70. The molecular weight excluding hydrogens is 380 g/mol. The van der Waals surface area contributed by atoms with Gasteiger partial charge in [-0.3, -0.25) is 9.59 Å². The summed E-state index contributed by atoms with van der Waals surface area (Å²) in [7, 11) is 0. The van der Waals surface area contributed by atoms with Gasteiger partial charge < -0.3 is 14.3 Å². The number of carbonyl (C=O) groups excluding carboxylic acids is 2. The summed E-state index contributed by atoms with van der Waals surface area (Å²) in [6.45, 7) is 5.59. The fourth-order valence-corrected chi connectivity index (χ4v) is 3.84.